The number of fused-ring (bicyclic) bond motifs is 6. The number of aliphatic hydroxyl groups excluding tert-OH is 1. The van der Waals surface area contributed by atoms with Gasteiger partial charge in [0.15, 0.2) is 0 Å². The van der Waals surface area contributed by atoms with E-state index in [1.54, 1.807) is 0 Å². The molecule has 1 N–H and O–H groups in total. The molecule has 3 aliphatic carbocycles. The molecule has 8 aromatic rings. The summed E-state index contributed by atoms with van der Waals surface area (Å²) in [5, 5.41) is 11.7. The fraction of sp³-hybridized carbons (Fsp3) is 0.342. The smallest absolute Gasteiger partial charge is 0.221 e. The van der Waals surface area contributed by atoms with Crippen molar-refractivity contribution in [3.05, 3.63) is 250 Å². The van der Waals surface area contributed by atoms with Crippen LogP contribution in [-0.4, -0.2) is 56.6 Å². The molecule has 5 aliphatic rings. The Balaban J connectivity index is 0.773. The van der Waals surface area contributed by atoms with Gasteiger partial charge in [-0.25, -0.2) is 0 Å². The maximum Gasteiger partial charge on any atom is 0.221 e. The Bertz CT molecular complexity index is 3340. The number of ether oxygens (including phenoxy) is 6. The van der Waals surface area contributed by atoms with Gasteiger partial charge in [-0.05, 0) is 135 Å². The second-order valence-corrected chi connectivity index (χ2v) is 23.6. The lowest BCUT2D eigenvalue weighted by Crippen LogP contribution is -2.33. The van der Waals surface area contributed by atoms with E-state index in [-0.39, 0.29) is 18.8 Å². The van der Waals surface area contributed by atoms with Crippen LogP contribution in [-0.2, 0) is 41.0 Å². The van der Waals surface area contributed by atoms with Gasteiger partial charge in [-0.1, -0.05) is 222 Å². The van der Waals surface area contributed by atoms with Crippen LogP contribution in [0.2, 0.25) is 0 Å². The van der Waals surface area contributed by atoms with Gasteiger partial charge in [-0.15, -0.1) is 0 Å². The van der Waals surface area contributed by atoms with E-state index in [0.29, 0.717) is 24.9 Å². The standard InChI is InChI=1S/C73H74O7/c1-4-5-16-43-70(2,51-27-31-53(32-28-51)72(55-35-39-57(40-36-55)75-45-59-46-76-59)65-23-12-8-19-61(65)62-20-9-13-24-66(62)72)79-49-69(74)80-58-41-37-56(38-42-58)73(67-25-14-10-21-63(67)64-22-11-15-26-68(64)73)54-33-29-52(30-34-54)71(3,78-48-60-47-77-60)44-50-17-6-7-18-50/h8-15,19-42,50,59-60,69,74H,4-7,16-18,43-49H2,1-3H3. The molecular weight excluding hydrogens is 989 g/mol. The van der Waals surface area contributed by atoms with Gasteiger partial charge in [-0.3, -0.25) is 0 Å². The second kappa shape index (κ2) is 21.9. The first-order valence-corrected chi connectivity index (χ1v) is 29.5. The maximum atomic E-state index is 11.7. The van der Waals surface area contributed by atoms with Gasteiger partial charge in [0.25, 0.3) is 0 Å². The highest BCUT2D eigenvalue weighted by atomic mass is 16.6. The highest BCUT2D eigenvalue weighted by Crippen LogP contribution is 2.58. The summed E-state index contributed by atoms with van der Waals surface area (Å²) in [6.07, 6.45) is 9.28. The molecule has 0 bridgehead atoms. The van der Waals surface area contributed by atoms with E-state index in [4.69, 9.17) is 28.4 Å². The highest BCUT2D eigenvalue weighted by Gasteiger charge is 2.48. The Hall–Kier alpha value is -6.84. The summed E-state index contributed by atoms with van der Waals surface area (Å²) < 4.78 is 37.2. The average Bonchev–Trinajstić information content (AvgIpc) is 4.58. The van der Waals surface area contributed by atoms with Crippen LogP contribution in [0.5, 0.6) is 11.5 Å². The molecule has 0 spiro atoms. The van der Waals surface area contributed by atoms with E-state index >= 15 is 0 Å². The zero-order chi connectivity index (χ0) is 54.3. The first kappa shape index (κ1) is 52.5. The highest BCUT2D eigenvalue weighted by molar-refractivity contribution is 5.87. The third kappa shape index (κ3) is 9.69. The van der Waals surface area contributed by atoms with Crippen LogP contribution in [0.4, 0.5) is 0 Å². The molecule has 13 rings (SSSR count). The predicted octanol–water partition coefficient (Wildman–Crippen LogP) is 15.6. The minimum absolute atomic E-state index is 0.00773. The molecule has 2 heterocycles. The Morgan fingerprint density at radius 1 is 0.500 bits per heavy atom. The number of hydrogen-bond donors (Lipinski definition) is 1. The van der Waals surface area contributed by atoms with Gasteiger partial charge in [0.1, 0.15) is 36.9 Å². The summed E-state index contributed by atoms with van der Waals surface area (Å²) in [5.41, 5.74) is 14.6. The topological polar surface area (TPSA) is 82.2 Å². The minimum atomic E-state index is -1.20. The van der Waals surface area contributed by atoms with Gasteiger partial charge in [0.2, 0.25) is 6.29 Å². The molecule has 5 unspecified atom stereocenters. The number of aliphatic hydroxyl groups is 1. The first-order valence-electron chi connectivity index (χ1n) is 29.5. The molecule has 1 saturated carbocycles. The van der Waals surface area contributed by atoms with E-state index in [0.717, 1.165) is 62.2 Å². The zero-order valence-corrected chi connectivity index (χ0v) is 46.6. The van der Waals surface area contributed by atoms with E-state index in [9.17, 15) is 5.11 Å². The molecule has 0 radical (unpaired) electrons. The lowest BCUT2D eigenvalue weighted by Gasteiger charge is -2.36. The molecule has 2 aliphatic heterocycles. The predicted molar refractivity (Wildman–Crippen MR) is 316 cm³/mol. The molecule has 5 atom stereocenters. The second-order valence-electron chi connectivity index (χ2n) is 23.6. The van der Waals surface area contributed by atoms with E-state index in [2.05, 4.69) is 203 Å². The van der Waals surface area contributed by atoms with Gasteiger partial charge in [-0.2, -0.15) is 0 Å². The Labute approximate surface area is 472 Å². The van der Waals surface area contributed by atoms with Crippen molar-refractivity contribution in [3.63, 3.8) is 0 Å². The molecule has 408 valence electrons. The zero-order valence-electron chi connectivity index (χ0n) is 46.6. The third-order valence-corrected chi connectivity index (χ3v) is 18.4. The van der Waals surface area contributed by atoms with Gasteiger partial charge in [0, 0.05) is 0 Å². The number of unbranched alkanes of at least 4 members (excludes halogenated alkanes) is 2. The van der Waals surface area contributed by atoms with Crippen LogP contribution >= 0.6 is 0 Å². The molecule has 80 heavy (non-hydrogen) atoms. The number of epoxide rings is 2. The number of rotatable bonds is 23. The SMILES string of the molecule is CCCCCC(C)(OCC(O)Oc1ccc(C2(c3ccc(C(C)(CC4CCCC4)OCC4CO4)cc3)c3ccccc3-c3ccccc32)cc1)c1ccc(C2(c3ccc(OCC4CO4)cc3)c3ccccc3-c3ccccc32)cc1. The summed E-state index contributed by atoms with van der Waals surface area (Å²) in [5.74, 6) is 2.07. The van der Waals surface area contributed by atoms with Crippen molar-refractivity contribution in [1.82, 2.24) is 0 Å². The molecule has 0 amide bonds. The molecular formula is C73H74O7. The van der Waals surface area contributed by atoms with Crippen LogP contribution in [0.1, 0.15) is 134 Å². The van der Waals surface area contributed by atoms with Crippen molar-refractivity contribution in [1.29, 1.82) is 0 Å². The lowest BCUT2D eigenvalue weighted by atomic mass is 9.67. The van der Waals surface area contributed by atoms with Gasteiger partial charge >= 0.3 is 0 Å². The van der Waals surface area contributed by atoms with Crippen molar-refractivity contribution in [2.45, 2.75) is 119 Å². The summed E-state index contributed by atoms with van der Waals surface area (Å²) in [7, 11) is 0. The first-order chi connectivity index (χ1) is 39.2. The van der Waals surface area contributed by atoms with Crippen molar-refractivity contribution in [2.24, 2.45) is 5.92 Å². The average molecular weight is 1060 g/mol. The van der Waals surface area contributed by atoms with Crippen LogP contribution in [0.25, 0.3) is 22.3 Å². The maximum absolute atomic E-state index is 11.7. The Morgan fingerprint density at radius 2 is 0.912 bits per heavy atom. The molecule has 7 heteroatoms. The van der Waals surface area contributed by atoms with E-state index < -0.39 is 28.3 Å². The molecule has 8 aromatic carbocycles. The van der Waals surface area contributed by atoms with Crippen LogP contribution in [0.15, 0.2) is 194 Å². The Kier molecular flexibility index (Phi) is 14.4. The van der Waals surface area contributed by atoms with Gasteiger partial charge < -0.3 is 33.5 Å². The van der Waals surface area contributed by atoms with E-state index in [1.165, 1.54) is 92.4 Å². The fourth-order valence-corrected chi connectivity index (χ4v) is 14.1. The number of hydrogen-bond acceptors (Lipinski definition) is 7. The van der Waals surface area contributed by atoms with Crippen molar-refractivity contribution >= 4 is 0 Å². The van der Waals surface area contributed by atoms with Crippen molar-refractivity contribution in [3.8, 4) is 33.8 Å². The van der Waals surface area contributed by atoms with Crippen LogP contribution < -0.4 is 9.47 Å². The van der Waals surface area contributed by atoms with Crippen LogP contribution in [0.3, 0.4) is 0 Å². The molecule has 2 saturated heterocycles. The van der Waals surface area contributed by atoms with Gasteiger partial charge in [0.05, 0.1) is 41.9 Å². The summed E-state index contributed by atoms with van der Waals surface area (Å²) in [6.45, 7) is 9.39. The minimum Gasteiger partial charge on any atom is -0.491 e. The Morgan fingerprint density at radius 3 is 1.36 bits per heavy atom. The quantitative estimate of drug-likeness (QED) is 0.0388. The normalized spacial score (nSPS) is 19.9. The molecule has 3 fully saturated rings. The molecule has 7 nitrogen and oxygen atoms in total. The monoisotopic (exact) mass is 1060 g/mol. The summed E-state index contributed by atoms with van der Waals surface area (Å²) in [6, 6.07) is 70.7. The fourth-order valence-electron chi connectivity index (χ4n) is 14.1. The largest absolute Gasteiger partial charge is 0.491 e. The van der Waals surface area contributed by atoms with Crippen molar-refractivity contribution in [2.75, 3.05) is 33.0 Å². The van der Waals surface area contributed by atoms with E-state index in [1.807, 2.05) is 12.1 Å². The third-order valence-electron chi connectivity index (χ3n) is 18.4. The van der Waals surface area contributed by atoms with Crippen molar-refractivity contribution < 1.29 is 33.5 Å². The molecule has 0 aromatic heterocycles. The summed E-state index contributed by atoms with van der Waals surface area (Å²) >= 11 is 0. The summed E-state index contributed by atoms with van der Waals surface area (Å²) in [4.78, 5) is 0. The lowest BCUT2D eigenvalue weighted by molar-refractivity contribution is -0.134. The number of benzene rings is 8. The van der Waals surface area contributed by atoms with Crippen LogP contribution in [0, 0.1) is 5.92 Å².